The van der Waals surface area contributed by atoms with Crippen molar-refractivity contribution in [1.29, 1.82) is 0 Å². The SMILES string of the molecule is COc1ccc(N(c2ccc(OC)cc2)c2cc3sc4cc(N(c5ccc(OC)cc5)c5ccc(OC)cc5)c5cccc6c7cccc2c7c3c4c56)cc1. The maximum absolute atomic E-state index is 5.56. The van der Waals surface area contributed by atoms with Crippen molar-refractivity contribution in [2.75, 3.05) is 38.2 Å². The van der Waals surface area contributed by atoms with Crippen LogP contribution < -0.4 is 28.7 Å². The second-order valence-corrected chi connectivity index (χ2v) is 14.6. The number of benzene rings is 9. The quantitative estimate of drug-likeness (QED) is 0.103. The fourth-order valence-corrected chi connectivity index (χ4v) is 9.43. The molecule has 10 aromatic rings. The summed E-state index contributed by atoms with van der Waals surface area (Å²) < 4.78 is 24.7. The minimum absolute atomic E-state index is 0.815. The number of ether oxygens (including phenoxy) is 4. The molecule has 0 spiro atoms. The van der Waals surface area contributed by atoms with Crippen molar-refractivity contribution in [3.05, 3.63) is 146 Å². The third-order valence-corrected chi connectivity index (χ3v) is 11.9. The van der Waals surface area contributed by atoms with Gasteiger partial charge in [-0.1, -0.05) is 36.4 Å². The van der Waals surface area contributed by atoms with E-state index in [0.717, 1.165) is 57.1 Å². The third-order valence-electron chi connectivity index (χ3n) is 10.8. The predicted octanol–water partition coefficient (Wildman–Crippen LogP) is 13.4. The van der Waals surface area contributed by atoms with Crippen LogP contribution in [0.5, 0.6) is 23.0 Å². The number of nitrogens with zero attached hydrogens (tertiary/aromatic N) is 2. The second kappa shape index (κ2) is 13.0. The molecule has 0 fully saturated rings. The van der Waals surface area contributed by atoms with E-state index in [2.05, 4.69) is 107 Å². The van der Waals surface area contributed by atoms with Crippen LogP contribution in [0.1, 0.15) is 0 Å². The van der Waals surface area contributed by atoms with E-state index in [9.17, 15) is 0 Å². The number of rotatable bonds is 10. The molecule has 0 atom stereocenters. The summed E-state index contributed by atoms with van der Waals surface area (Å²) in [6, 6.07) is 51.4. The van der Waals surface area contributed by atoms with Gasteiger partial charge in [0.25, 0.3) is 0 Å². The Balaban J connectivity index is 1.27. The molecule has 0 aliphatic rings. The van der Waals surface area contributed by atoms with E-state index in [1.54, 1.807) is 28.4 Å². The van der Waals surface area contributed by atoms with Crippen molar-refractivity contribution in [1.82, 2.24) is 0 Å². The maximum Gasteiger partial charge on any atom is 0.119 e. The van der Waals surface area contributed by atoms with Crippen LogP contribution in [0.15, 0.2) is 146 Å². The zero-order valence-corrected chi connectivity index (χ0v) is 31.6. The van der Waals surface area contributed by atoms with Gasteiger partial charge in [-0.2, -0.15) is 0 Å². The topological polar surface area (TPSA) is 43.4 Å². The first kappa shape index (κ1) is 32.9. The summed E-state index contributed by atoms with van der Waals surface area (Å²) >= 11 is 1.85. The highest BCUT2D eigenvalue weighted by Gasteiger charge is 2.27. The van der Waals surface area contributed by atoms with E-state index in [1.807, 2.05) is 59.9 Å². The van der Waals surface area contributed by atoms with E-state index in [4.69, 9.17) is 18.9 Å². The minimum Gasteiger partial charge on any atom is -0.497 e. The third kappa shape index (κ3) is 5.15. The van der Waals surface area contributed by atoms with Crippen molar-refractivity contribution >= 4 is 98.0 Å². The Morgan fingerprint density at radius 2 is 0.636 bits per heavy atom. The zero-order valence-electron chi connectivity index (χ0n) is 30.8. The Morgan fingerprint density at radius 3 is 0.927 bits per heavy atom. The van der Waals surface area contributed by atoms with E-state index in [0.29, 0.717) is 0 Å². The lowest BCUT2D eigenvalue weighted by Crippen LogP contribution is -2.11. The monoisotopic (exact) mass is 736 g/mol. The molecule has 6 nitrogen and oxygen atoms in total. The molecule has 10 rings (SSSR count). The lowest BCUT2D eigenvalue weighted by Gasteiger charge is -2.29. The molecular weight excluding hydrogens is 701 g/mol. The van der Waals surface area contributed by atoms with Gasteiger partial charge in [0.1, 0.15) is 23.0 Å². The summed E-state index contributed by atoms with van der Waals surface area (Å²) in [5, 5.41) is 10.1. The van der Waals surface area contributed by atoms with Crippen LogP contribution in [-0.2, 0) is 0 Å². The molecule has 0 saturated heterocycles. The average Bonchev–Trinajstić information content (AvgIpc) is 3.63. The Morgan fingerprint density at radius 1 is 0.345 bits per heavy atom. The highest BCUT2D eigenvalue weighted by molar-refractivity contribution is 7.26. The molecule has 0 bridgehead atoms. The van der Waals surface area contributed by atoms with Crippen LogP contribution in [0.4, 0.5) is 34.1 Å². The van der Waals surface area contributed by atoms with E-state index in [-0.39, 0.29) is 0 Å². The molecule has 0 aliphatic heterocycles. The van der Waals surface area contributed by atoms with Crippen LogP contribution in [0.2, 0.25) is 0 Å². The first-order chi connectivity index (χ1) is 27.1. The normalized spacial score (nSPS) is 11.6. The van der Waals surface area contributed by atoms with Gasteiger partial charge in [-0.25, -0.2) is 0 Å². The largest absolute Gasteiger partial charge is 0.497 e. The number of fused-ring (bicyclic) bond motifs is 1. The number of hydrogen-bond donors (Lipinski definition) is 0. The first-order valence-corrected chi connectivity index (χ1v) is 18.9. The molecule has 0 saturated carbocycles. The Hall–Kier alpha value is -6.70. The van der Waals surface area contributed by atoms with E-state index < -0.39 is 0 Å². The Labute approximate surface area is 322 Å². The van der Waals surface area contributed by atoms with Gasteiger partial charge in [0.2, 0.25) is 0 Å². The Kier molecular flexibility index (Phi) is 7.78. The fourth-order valence-electron chi connectivity index (χ4n) is 8.24. The lowest BCUT2D eigenvalue weighted by molar-refractivity contribution is 0.414. The summed E-state index contributed by atoms with van der Waals surface area (Å²) in [5.74, 6) is 3.26. The van der Waals surface area contributed by atoms with Gasteiger partial charge in [0.15, 0.2) is 0 Å². The summed E-state index contributed by atoms with van der Waals surface area (Å²) in [6.45, 7) is 0. The van der Waals surface area contributed by atoms with Crippen molar-refractivity contribution in [2.24, 2.45) is 0 Å². The van der Waals surface area contributed by atoms with Crippen LogP contribution in [0.3, 0.4) is 0 Å². The molecule has 0 amide bonds. The highest BCUT2D eigenvalue weighted by atomic mass is 32.1. The minimum atomic E-state index is 0.815. The number of hydrogen-bond acceptors (Lipinski definition) is 7. The van der Waals surface area contributed by atoms with Crippen molar-refractivity contribution in [3.63, 3.8) is 0 Å². The van der Waals surface area contributed by atoms with Crippen LogP contribution >= 0.6 is 11.3 Å². The van der Waals surface area contributed by atoms with Gasteiger partial charge < -0.3 is 28.7 Å². The Bertz CT molecular complexity index is 2660. The molecule has 0 unspecified atom stereocenters. The molecule has 1 aromatic heterocycles. The first-order valence-electron chi connectivity index (χ1n) is 18.1. The molecule has 55 heavy (non-hydrogen) atoms. The molecule has 7 heteroatoms. The van der Waals surface area contributed by atoms with Crippen LogP contribution in [0, 0.1) is 0 Å². The maximum atomic E-state index is 5.56. The molecule has 0 radical (unpaired) electrons. The number of thiophene rings is 1. The average molecular weight is 737 g/mol. The summed E-state index contributed by atoms with van der Waals surface area (Å²) in [7, 11) is 6.80. The van der Waals surface area contributed by atoms with Crippen molar-refractivity contribution < 1.29 is 18.9 Å². The molecular formula is C48H36N2O4S. The van der Waals surface area contributed by atoms with Gasteiger partial charge in [-0.15, -0.1) is 11.3 Å². The van der Waals surface area contributed by atoms with Crippen molar-refractivity contribution in [2.45, 2.75) is 0 Å². The van der Waals surface area contributed by atoms with Crippen LogP contribution in [0.25, 0.3) is 52.5 Å². The van der Waals surface area contributed by atoms with Gasteiger partial charge in [0, 0.05) is 64.5 Å². The van der Waals surface area contributed by atoms with Gasteiger partial charge >= 0.3 is 0 Å². The molecule has 1 heterocycles. The van der Waals surface area contributed by atoms with Gasteiger partial charge in [-0.05, 0) is 120 Å². The van der Waals surface area contributed by atoms with E-state index >= 15 is 0 Å². The molecule has 0 N–H and O–H groups in total. The summed E-state index contributed by atoms with van der Waals surface area (Å²) in [6.07, 6.45) is 0. The second-order valence-electron chi connectivity index (χ2n) is 13.6. The fraction of sp³-hybridized carbons (Fsp3) is 0.0833. The highest BCUT2D eigenvalue weighted by Crippen LogP contribution is 2.55. The van der Waals surface area contributed by atoms with E-state index in [1.165, 1.54) is 52.5 Å². The number of methoxy groups -OCH3 is 4. The standard InChI is InChI=1S/C48H36N2O4S/c1-51-33-19-11-29(12-20-33)49(30-13-21-34(52-2)22-14-30)41-27-43-47-45-37(7-5-9-39(41)45)38-8-6-10-40-42(28-44(55-43)48(47)46(38)40)50(31-15-23-35(53-3)24-16-31)32-17-25-36(54-4)26-18-32/h5-28H,1-4H3. The zero-order chi connectivity index (χ0) is 37.2. The molecule has 0 aliphatic carbocycles. The lowest BCUT2D eigenvalue weighted by atomic mass is 9.88. The van der Waals surface area contributed by atoms with Gasteiger partial charge in [0.05, 0.1) is 39.8 Å². The van der Waals surface area contributed by atoms with Crippen molar-refractivity contribution in [3.8, 4) is 23.0 Å². The molecule has 268 valence electrons. The summed E-state index contributed by atoms with van der Waals surface area (Å²) in [5.41, 5.74) is 6.37. The van der Waals surface area contributed by atoms with Gasteiger partial charge in [-0.3, -0.25) is 0 Å². The van der Waals surface area contributed by atoms with Crippen LogP contribution in [-0.4, -0.2) is 28.4 Å². The molecule has 9 aromatic carbocycles. The predicted molar refractivity (Wildman–Crippen MR) is 230 cm³/mol. The smallest absolute Gasteiger partial charge is 0.119 e. The summed E-state index contributed by atoms with van der Waals surface area (Å²) in [4.78, 5) is 4.69. The number of anilines is 6.